The molecule has 0 saturated carbocycles. The lowest BCUT2D eigenvalue weighted by Crippen LogP contribution is -2.20. The Hall–Kier alpha value is -1.13. The number of hydrogen-bond donors (Lipinski definition) is 0. The molecule has 0 spiro atoms. The minimum absolute atomic E-state index is 0.225. The van der Waals surface area contributed by atoms with Gasteiger partial charge in [0.15, 0.2) is 5.05 Å². The lowest BCUT2D eigenvalue weighted by molar-refractivity contribution is -0.140. The van der Waals surface area contributed by atoms with Gasteiger partial charge in [0, 0.05) is 6.42 Å². The van der Waals surface area contributed by atoms with Crippen LogP contribution in [0.5, 0.6) is 5.75 Å². The van der Waals surface area contributed by atoms with Crippen molar-refractivity contribution in [2.45, 2.75) is 18.2 Å². The number of alkyl halides is 1. The smallest absolute Gasteiger partial charge is 0.305 e. The highest BCUT2D eigenvalue weighted by Gasteiger charge is 2.15. The van der Waals surface area contributed by atoms with Crippen LogP contribution in [0.2, 0.25) is 0 Å². The van der Waals surface area contributed by atoms with Crippen LogP contribution in [0.3, 0.4) is 0 Å². The number of benzene rings is 1. The van der Waals surface area contributed by atoms with Crippen molar-refractivity contribution in [2.75, 3.05) is 7.11 Å². The Balaban J connectivity index is 2.40. The van der Waals surface area contributed by atoms with Crippen LogP contribution in [0.4, 0.5) is 0 Å². The third kappa shape index (κ3) is 5.15. The van der Waals surface area contributed by atoms with Crippen molar-refractivity contribution in [2.24, 2.45) is 0 Å². The van der Waals surface area contributed by atoms with Crippen LogP contribution in [0.1, 0.15) is 12.8 Å². The molecule has 92 valence electrons. The number of hydrogen-bond acceptors (Lipinski definition) is 4. The Morgan fingerprint density at radius 1 is 1.41 bits per heavy atom. The third-order valence-corrected chi connectivity index (χ3v) is 2.96. The number of rotatable bonds is 5. The van der Waals surface area contributed by atoms with Gasteiger partial charge in [-0.05, 0) is 30.8 Å². The third-order valence-electron chi connectivity index (χ3n) is 2.05. The molecule has 5 heteroatoms. The molecule has 0 radical (unpaired) electrons. The first-order valence-corrected chi connectivity index (χ1v) is 5.95. The molecular weight excluding hydrogens is 260 g/mol. The fourth-order valence-corrected chi connectivity index (χ4v) is 1.50. The summed E-state index contributed by atoms with van der Waals surface area (Å²) in [4.78, 5) is 10.9. The van der Waals surface area contributed by atoms with Crippen molar-refractivity contribution in [1.82, 2.24) is 0 Å². The van der Waals surface area contributed by atoms with E-state index in [0.29, 0.717) is 12.2 Å². The summed E-state index contributed by atoms with van der Waals surface area (Å²) in [7, 11) is 1.34. The lowest BCUT2D eigenvalue weighted by Gasteiger charge is -2.11. The number of thiocarbonyl (C=S) groups is 1. The topological polar surface area (TPSA) is 35.5 Å². The Labute approximate surface area is 111 Å². The zero-order valence-corrected chi connectivity index (χ0v) is 11.0. The molecule has 0 aliphatic heterocycles. The summed E-state index contributed by atoms with van der Waals surface area (Å²) in [5, 5.41) is -0.217. The standard InChI is InChI=1S/C12H13ClO3S/c1-15-11(14)8-7-10(13)12(17)16-9-5-3-2-4-6-9/h2-6,10H,7-8H2,1H3. The number of carbonyl (C=O) groups excluding carboxylic acids is 1. The van der Waals surface area contributed by atoms with E-state index in [-0.39, 0.29) is 17.4 Å². The van der Waals surface area contributed by atoms with Crippen molar-refractivity contribution in [1.29, 1.82) is 0 Å². The number of methoxy groups -OCH3 is 1. The average molecular weight is 273 g/mol. The maximum atomic E-state index is 10.9. The zero-order chi connectivity index (χ0) is 12.7. The Bertz CT molecular complexity index is 381. The lowest BCUT2D eigenvalue weighted by atomic mass is 10.2. The van der Waals surface area contributed by atoms with Crippen molar-refractivity contribution >= 4 is 34.8 Å². The summed E-state index contributed by atoms with van der Waals surface area (Å²) >= 11 is 11.0. The van der Waals surface area contributed by atoms with Gasteiger partial charge >= 0.3 is 5.97 Å². The maximum absolute atomic E-state index is 10.9. The average Bonchev–Trinajstić information content (AvgIpc) is 2.36. The number of halogens is 1. The number of esters is 1. The van der Waals surface area contributed by atoms with E-state index in [4.69, 9.17) is 28.6 Å². The fourth-order valence-electron chi connectivity index (χ4n) is 1.13. The predicted octanol–water partition coefficient (Wildman–Crippen LogP) is 2.95. The highest BCUT2D eigenvalue weighted by atomic mass is 35.5. The molecule has 0 aromatic heterocycles. The van der Waals surface area contributed by atoms with E-state index in [1.807, 2.05) is 18.2 Å². The van der Waals surface area contributed by atoms with E-state index in [0.717, 1.165) is 0 Å². The molecule has 0 heterocycles. The van der Waals surface area contributed by atoms with Crippen LogP contribution in [0, 0.1) is 0 Å². The first-order valence-electron chi connectivity index (χ1n) is 5.11. The van der Waals surface area contributed by atoms with Crippen LogP contribution in [-0.2, 0) is 9.53 Å². The van der Waals surface area contributed by atoms with Gasteiger partial charge in [0.1, 0.15) is 11.1 Å². The highest BCUT2D eigenvalue weighted by molar-refractivity contribution is 7.80. The van der Waals surface area contributed by atoms with Gasteiger partial charge in [-0.15, -0.1) is 11.6 Å². The molecule has 1 aromatic rings. The quantitative estimate of drug-likeness (QED) is 0.469. The highest BCUT2D eigenvalue weighted by Crippen LogP contribution is 2.15. The van der Waals surface area contributed by atoms with Crippen molar-refractivity contribution in [3.8, 4) is 5.75 Å². The summed E-state index contributed by atoms with van der Waals surface area (Å²) in [6, 6.07) is 9.14. The summed E-state index contributed by atoms with van der Waals surface area (Å²) in [5.41, 5.74) is 0. The van der Waals surface area contributed by atoms with Gasteiger partial charge in [-0.1, -0.05) is 18.2 Å². The minimum atomic E-state index is -0.482. The van der Waals surface area contributed by atoms with Crippen LogP contribution in [0.15, 0.2) is 30.3 Å². The van der Waals surface area contributed by atoms with E-state index in [1.165, 1.54) is 7.11 Å². The minimum Gasteiger partial charge on any atom is -0.469 e. The summed E-state index contributed by atoms with van der Waals surface area (Å²) in [6.07, 6.45) is 0.628. The molecule has 0 bridgehead atoms. The second-order valence-electron chi connectivity index (χ2n) is 3.32. The molecule has 17 heavy (non-hydrogen) atoms. The van der Waals surface area contributed by atoms with E-state index in [2.05, 4.69) is 4.74 Å². The molecular formula is C12H13ClO3S. The monoisotopic (exact) mass is 272 g/mol. The molecule has 1 unspecified atom stereocenters. The summed E-state index contributed by atoms with van der Waals surface area (Å²) in [6.45, 7) is 0. The molecule has 0 fully saturated rings. The van der Waals surface area contributed by atoms with E-state index in [1.54, 1.807) is 12.1 Å². The van der Waals surface area contributed by atoms with Gasteiger partial charge < -0.3 is 9.47 Å². The van der Waals surface area contributed by atoms with E-state index >= 15 is 0 Å². The SMILES string of the molecule is COC(=O)CCC(Cl)C(=S)Oc1ccccc1. The van der Waals surface area contributed by atoms with Crippen LogP contribution < -0.4 is 4.74 Å². The molecule has 0 saturated heterocycles. The van der Waals surface area contributed by atoms with Gasteiger partial charge in [0.25, 0.3) is 0 Å². The van der Waals surface area contributed by atoms with Crippen molar-refractivity contribution in [3.05, 3.63) is 30.3 Å². The summed E-state index contributed by atoms with van der Waals surface area (Å²) < 4.78 is 9.91. The van der Waals surface area contributed by atoms with Gasteiger partial charge in [0.2, 0.25) is 0 Å². The molecule has 0 amide bonds. The molecule has 3 nitrogen and oxygen atoms in total. The normalized spacial score (nSPS) is 11.6. The predicted molar refractivity (Wildman–Crippen MR) is 70.6 cm³/mol. The second-order valence-corrected chi connectivity index (χ2v) is 4.25. The van der Waals surface area contributed by atoms with Crippen LogP contribution >= 0.6 is 23.8 Å². The van der Waals surface area contributed by atoms with Gasteiger partial charge in [-0.2, -0.15) is 0 Å². The first-order chi connectivity index (χ1) is 8.13. The Morgan fingerprint density at radius 3 is 2.65 bits per heavy atom. The van der Waals surface area contributed by atoms with Gasteiger partial charge in [-0.3, -0.25) is 4.79 Å². The van der Waals surface area contributed by atoms with Crippen LogP contribution in [0.25, 0.3) is 0 Å². The van der Waals surface area contributed by atoms with Crippen molar-refractivity contribution in [3.63, 3.8) is 0 Å². The number of carbonyl (C=O) groups is 1. The number of ether oxygens (including phenoxy) is 2. The first kappa shape index (κ1) is 13.9. The molecule has 1 aromatic carbocycles. The van der Waals surface area contributed by atoms with Gasteiger partial charge in [-0.25, -0.2) is 0 Å². The second kappa shape index (κ2) is 7.25. The Kier molecular flexibility index (Phi) is 5.94. The Morgan fingerprint density at radius 2 is 2.06 bits per heavy atom. The zero-order valence-electron chi connectivity index (χ0n) is 9.39. The molecule has 1 rings (SSSR count). The molecule has 1 atom stereocenters. The summed E-state index contributed by atoms with van der Waals surface area (Å²) in [5.74, 6) is 0.333. The van der Waals surface area contributed by atoms with E-state index < -0.39 is 5.38 Å². The molecule has 0 N–H and O–H groups in total. The number of para-hydroxylation sites is 1. The fraction of sp³-hybridized carbons (Fsp3) is 0.333. The molecule has 0 aliphatic rings. The van der Waals surface area contributed by atoms with Gasteiger partial charge in [0.05, 0.1) is 7.11 Å². The van der Waals surface area contributed by atoms with Crippen LogP contribution in [-0.4, -0.2) is 23.5 Å². The largest absolute Gasteiger partial charge is 0.469 e. The maximum Gasteiger partial charge on any atom is 0.305 e. The van der Waals surface area contributed by atoms with E-state index in [9.17, 15) is 4.79 Å². The van der Waals surface area contributed by atoms with Crippen molar-refractivity contribution < 1.29 is 14.3 Å². The molecule has 0 aliphatic carbocycles.